The molecule has 0 saturated heterocycles. The van der Waals surface area contributed by atoms with E-state index in [2.05, 4.69) is 11.6 Å². The molecule has 0 saturated carbocycles. The third-order valence-corrected chi connectivity index (χ3v) is 2.36. The van der Waals surface area contributed by atoms with Gasteiger partial charge in [0.05, 0.1) is 17.2 Å². The van der Waals surface area contributed by atoms with Crippen molar-refractivity contribution in [3.63, 3.8) is 0 Å². The number of esters is 1. The van der Waals surface area contributed by atoms with E-state index in [4.69, 9.17) is 16.3 Å². The lowest BCUT2D eigenvalue weighted by molar-refractivity contribution is 0.0526. The SMILES string of the molecule is C=Cc1c(C)ncc(C(=O)OCC)c1Cl. The molecule has 0 aromatic carbocycles. The topological polar surface area (TPSA) is 39.2 Å². The molecule has 4 heteroatoms. The molecule has 1 aromatic heterocycles. The Hall–Kier alpha value is -1.35. The summed E-state index contributed by atoms with van der Waals surface area (Å²) >= 11 is 6.03. The van der Waals surface area contributed by atoms with Crippen LogP contribution in [0.1, 0.15) is 28.5 Å². The van der Waals surface area contributed by atoms with Gasteiger partial charge in [0.2, 0.25) is 0 Å². The van der Waals surface area contributed by atoms with Gasteiger partial charge in [-0.1, -0.05) is 24.3 Å². The molecule has 0 N–H and O–H groups in total. The van der Waals surface area contributed by atoms with E-state index < -0.39 is 5.97 Å². The first-order valence-electron chi connectivity index (χ1n) is 4.56. The van der Waals surface area contributed by atoms with Gasteiger partial charge in [0, 0.05) is 17.5 Å². The quantitative estimate of drug-likeness (QED) is 0.743. The van der Waals surface area contributed by atoms with Gasteiger partial charge in [-0.25, -0.2) is 4.79 Å². The van der Waals surface area contributed by atoms with Gasteiger partial charge in [0.1, 0.15) is 0 Å². The minimum absolute atomic E-state index is 0.277. The molecule has 0 unspecified atom stereocenters. The van der Waals surface area contributed by atoms with Crippen molar-refractivity contribution >= 4 is 23.6 Å². The van der Waals surface area contributed by atoms with Gasteiger partial charge in [-0.05, 0) is 13.8 Å². The summed E-state index contributed by atoms with van der Waals surface area (Å²) in [7, 11) is 0. The predicted octanol–water partition coefficient (Wildman–Crippen LogP) is 2.86. The first kappa shape index (κ1) is 11.7. The number of aromatic nitrogens is 1. The van der Waals surface area contributed by atoms with Crippen LogP contribution in [0.3, 0.4) is 0 Å². The largest absolute Gasteiger partial charge is 0.462 e. The molecule has 0 aliphatic rings. The number of hydrogen-bond acceptors (Lipinski definition) is 3. The van der Waals surface area contributed by atoms with Crippen molar-refractivity contribution < 1.29 is 9.53 Å². The van der Waals surface area contributed by atoms with Crippen molar-refractivity contribution in [1.29, 1.82) is 0 Å². The number of nitrogens with zero attached hydrogens (tertiary/aromatic N) is 1. The summed E-state index contributed by atoms with van der Waals surface area (Å²) in [5.74, 6) is -0.460. The average molecular weight is 226 g/mol. The van der Waals surface area contributed by atoms with E-state index in [1.54, 1.807) is 19.9 Å². The van der Waals surface area contributed by atoms with Crippen molar-refractivity contribution in [2.75, 3.05) is 6.61 Å². The Labute approximate surface area is 93.7 Å². The zero-order valence-electron chi connectivity index (χ0n) is 8.71. The normalized spacial score (nSPS) is 9.80. The standard InChI is InChI=1S/C11H12ClNO2/c1-4-8-7(3)13-6-9(10(8)12)11(14)15-5-2/h4,6H,1,5H2,2-3H3. The second-order valence-electron chi connectivity index (χ2n) is 2.91. The smallest absolute Gasteiger partial charge is 0.341 e. The summed E-state index contributed by atoms with van der Waals surface area (Å²) in [6.07, 6.45) is 3.00. The first-order valence-corrected chi connectivity index (χ1v) is 4.94. The van der Waals surface area contributed by atoms with Crippen molar-refractivity contribution in [1.82, 2.24) is 4.98 Å². The molecule has 1 heterocycles. The van der Waals surface area contributed by atoms with Gasteiger partial charge >= 0.3 is 5.97 Å². The molecule has 1 rings (SSSR count). The molecule has 15 heavy (non-hydrogen) atoms. The monoisotopic (exact) mass is 225 g/mol. The summed E-state index contributed by atoms with van der Waals surface area (Å²) in [6.45, 7) is 7.48. The fourth-order valence-corrected chi connectivity index (χ4v) is 1.52. The van der Waals surface area contributed by atoms with Gasteiger partial charge in [0.25, 0.3) is 0 Å². The van der Waals surface area contributed by atoms with Crippen LogP contribution in [0.2, 0.25) is 5.02 Å². The Morgan fingerprint density at radius 2 is 2.40 bits per heavy atom. The molecule has 0 aliphatic carbocycles. The van der Waals surface area contributed by atoms with E-state index in [9.17, 15) is 4.79 Å². The molecule has 1 aromatic rings. The Kier molecular flexibility index (Phi) is 3.86. The highest BCUT2D eigenvalue weighted by Crippen LogP contribution is 2.24. The maximum atomic E-state index is 11.5. The predicted molar refractivity (Wildman–Crippen MR) is 60.0 cm³/mol. The maximum Gasteiger partial charge on any atom is 0.341 e. The molecule has 0 fully saturated rings. The van der Waals surface area contributed by atoms with Gasteiger partial charge in [-0.3, -0.25) is 4.98 Å². The Morgan fingerprint density at radius 3 is 2.93 bits per heavy atom. The minimum atomic E-state index is -0.460. The molecule has 3 nitrogen and oxygen atoms in total. The number of carbonyl (C=O) groups excluding carboxylic acids is 1. The van der Waals surface area contributed by atoms with E-state index in [-0.39, 0.29) is 5.56 Å². The summed E-state index contributed by atoms with van der Waals surface area (Å²) < 4.78 is 4.85. The van der Waals surface area contributed by atoms with Gasteiger partial charge in [-0.2, -0.15) is 0 Å². The highest BCUT2D eigenvalue weighted by molar-refractivity contribution is 6.35. The number of pyridine rings is 1. The van der Waals surface area contributed by atoms with Crippen LogP contribution in [0.4, 0.5) is 0 Å². The number of carbonyl (C=O) groups is 1. The second kappa shape index (κ2) is 4.94. The number of aryl methyl sites for hydroxylation is 1. The van der Waals surface area contributed by atoms with Gasteiger partial charge in [-0.15, -0.1) is 0 Å². The Balaban J connectivity index is 3.21. The van der Waals surface area contributed by atoms with Gasteiger partial charge < -0.3 is 4.74 Å². The van der Waals surface area contributed by atoms with Crippen LogP contribution in [0.15, 0.2) is 12.8 Å². The lowest BCUT2D eigenvalue weighted by Gasteiger charge is -2.07. The lowest BCUT2D eigenvalue weighted by atomic mass is 10.1. The molecule has 0 spiro atoms. The van der Waals surface area contributed by atoms with E-state index in [1.807, 2.05) is 0 Å². The lowest BCUT2D eigenvalue weighted by Crippen LogP contribution is -2.07. The summed E-state index contributed by atoms with van der Waals surface area (Å²) in [4.78, 5) is 15.5. The highest BCUT2D eigenvalue weighted by Gasteiger charge is 2.15. The molecule has 80 valence electrons. The van der Waals surface area contributed by atoms with Crippen molar-refractivity contribution in [3.8, 4) is 0 Å². The Morgan fingerprint density at radius 1 is 1.73 bits per heavy atom. The van der Waals surface area contributed by atoms with Crippen molar-refractivity contribution in [2.24, 2.45) is 0 Å². The third-order valence-electron chi connectivity index (χ3n) is 1.95. The molecule has 0 aliphatic heterocycles. The number of halogens is 1. The first-order chi connectivity index (χ1) is 7.11. The van der Waals surface area contributed by atoms with Gasteiger partial charge in [0.15, 0.2) is 0 Å². The molecule has 0 atom stereocenters. The van der Waals surface area contributed by atoms with Crippen LogP contribution in [-0.2, 0) is 4.74 Å². The summed E-state index contributed by atoms with van der Waals surface area (Å²) in [5.41, 5.74) is 1.68. The van der Waals surface area contributed by atoms with Crippen LogP contribution in [0.5, 0.6) is 0 Å². The number of hydrogen-bond donors (Lipinski definition) is 0. The van der Waals surface area contributed by atoms with E-state index in [0.717, 1.165) is 5.69 Å². The summed E-state index contributed by atoms with van der Waals surface area (Å²) in [5, 5.41) is 0.343. The molecule has 0 radical (unpaired) electrons. The van der Waals surface area contributed by atoms with Crippen LogP contribution >= 0.6 is 11.6 Å². The number of ether oxygens (including phenoxy) is 1. The number of rotatable bonds is 3. The molecule has 0 bridgehead atoms. The zero-order valence-corrected chi connectivity index (χ0v) is 9.47. The average Bonchev–Trinajstić information content (AvgIpc) is 2.18. The molecule has 0 amide bonds. The van der Waals surface area contributed by atoms with E-state index in [0.29, 0.717) is 17.2 Å². The molecular weight excluding hydrogens is 214 g/mol. The highest BCUT2D eigenvalue weighted by atomic mass is 35.5. The molecular formula is C11H12ClNO2. The van der Waals surface area contributed by atoms with Crippen molar-refractivity contribution in [2.45, 2.75) is 13.8 Å². The van der Waals surface area contributed by atoms with E-state index in [1.165, 1.54) is 6.20 Å². The Bertz CT molecular complexity index is 402. The van der Waals surface area contributed by atoms with Crippen LogP contribution in [-0.4, -0.2) is 17.6 Å². The van der Waals surface area contributed by atoms with Crippen LogP contribution in [0, 0.1) is 6.92 Å². The van der Waals surface area contributed by atoms with E-state index >= 15 is 0 Å². The van der Waals surface area contributed by atoms with Crippen LogP contribution in [0.25, 0.3) is 6.08 Å². The van der Waals surface area contributed by atoms with Crippen molar-refractivity contribution in [3.05, 3.63) is 34.6 Å². The minimum Gasteiger partial charge on any atom is -0.462 e. The fraction of sp³-hybridized carbons (Fsp3) is 0.273. The maximum absolute atomic E-state index is 11.5. The fourth-order valence-electron chi connectivity index (χ4n) is 1.18. The second-order valence-corrected chi connectivity index (χ2v) is 3.29. The summed E-state index contributed by atoms with van der Waals surface area (Å²) in [6, 6.07) is 0. The zero-order chi connectivity index (χ0) is 11.4. The van der Waals surface area contributed by atoms with Crippen LogP contribution < -0.4 is 0 Å². The third kappa shape index (κ3) is 2.36.